The summed E-state index contributed by atoms with van der Waals surface area (Å²) >= 11 is 0. The van der Waals surface area contributed by atoms with Crippen LogP contribution in [0, 0.1) is 0 Å². The van der Waals surface area contributed by atoms with Crippen LogP contribution in [-0.4, -0.2) is 35.4 Å². The number of nitrogens with one attached hydrogen (secondary N) is 1. The van der Waals surface area contributed by atoms with Crippen LogP contribution in [0.5, 0.6) is 0 Å². The van der Waals surface area contributed by atoms with E-state index in [-0.39, 0.29) is 5.92 Å². The molecule has 0 unspecified atom stereocenters. The SMILES string of the molecule is O=C(O)[C@@H](CO)NCCCC(c1ccccc1)c1ccccc1. The van der Waals surface area contributed by atoms with Gasteiger partial charge in [-0.25, -0.2) is 0 Å². The quantitative estimate of drug-likeness (QED) is 0.623. The maximum atomic E-state index is 10.9. The van der Waals surface area contributed by atoms with E-state index in [1.54, 1.807) is 0 Å². The molecule has 0 bridgehead atoms. The molecule has 0 fully saturated rings. The van der Waals surface area contributed by atoms with Crippen molar-refractivity contribution in [3.8, 4) is 0 Å². The molecule has 0 saturated heterocycles. The molecule has 0 heterocycles. The highest BCUT2D eigenvalue weighted by molar-refractivity contribution is 5.73. The Bertz CT molecular complexity index is 547. The molecule has 4 nitrogen and oxygen atoms in total. The highest BCUT2D eigenvalue weighted by Crippen LogP contribution is 2.28. The Labute approximate surface area is 136 Å². The maximum absolute atomic E-state index is 10.9. The molecule has 0 aliphatic carbocycles. The Morgan fingerprint density at radius 1 is 0.957 bits per heavy atom. The first-order valence-electron chi connectivity index (χ1n) is 7.89. The van der Waals surface area contributed by atoms with E-state index < -0.39 is 18.6 Å². The molecule has 4 heteroatoms. The average molecular weight is 313 g/mol. The van der Waals surface area contributed by atoms with Gasteiger partial charge in [-0.3, -0.25) is 4.79 Å². The largest absolute Gasteiger partial charge is 0.480 e. The molecule has 0 aromatic heterocycles. The molecular formula is C19H23NO3. The Balaban J connectivity index is 1.98. The van der Waals surface area contributed by atoms with Crippen LogP contribution in [0.1, 0.15) is 29.9 Å². The third kappa shape index (κ3) is 5.20. The fraction of sp³-hybridized carbons (Fsp3) is 0.316. The number of benzene rings is 2. The summed E-state index contributed by atoms with van der Waals surface area (Å²) in [5, 5.41) is 20.8. The molecule has 0 saturated carbocycles. The Morgan fingerprint density at radius 3 is 1.91 bits per heavy atom. The van der Waals surface area contributed by atoms with Gasteiger partial charge in [-0.2, -0.15) is 0 Å². The Kier molecular flexibility index (Phi) is 6.78. The van der Waals surface area contributed by atoms with Gasteiger partial charge in [-0.05, 0) is 30.5 Å². The zero-order chi connectivity index (χ0) is 16.5. The molecule has 0 spiro atoms. The van der Waals surface area contributed by atoms with E-state index in [9.17, 15) is 4.79 Å². The van der Waals surface area contributed by atoms with Gasteiger partial charge in [-0.1, -0.05) is 60.7 Å². The van der Waals surface area contributed by atoms with Crippen LogP contribution in [0.3, 0.4) is 0 Å². The first kappa shape index (κ1) is 17.2. The first-order valence-corrected chi connectivity index (χ1v) is 7.89. The van der Waals surface area contributed by atoms with Crippen LogP contribution < -0.4 is 5.32 Å². The van der Waals surface area contributed by atoms with Crippen LogP contribution in [0.15, 0.2) is 60.7 Å². The molecule has 3 N–H and O–H groups in total. The average Bonchev–Trinajstić information content (AvgIpc) is 2.59. The third-order valence-electron chi connectivity index (χ3n) is 3.94. The predicted molar refractivity (Wildman–Crippen MR) is 90.5 cm³/mol. The minimum Gasteiger partial charge on any atom is -0.480 e. The fourth-order valence-corrected chi connectivity index (χ4v) is 2.71. The molecular weight excluding hydrogens is 290 g/mol. The van der Waals surface area contributed by atoms with Crippen molar-refractivity contribution >= 4 is 5.97 Å². The minimum absolute atomic E-state index is 0.289. The summed E-state index contributed by atoms with van der Waals surface area (Å²) in [7, 11) is 0. The Hall–Kier alpha value is -2.17. The smallest absolute Gasteiger partial charge is 0.323 e. The standard InChI is InChI=1S/C19H23NO3/c21-14-18(19(22)23)20-13-7-12-17(15-8-3-1-4-9-15)16-10-5-2-6-11-16/h1-6,8-11,17-18,20-21H,7,12-14H2,(H,22,23)/t18-/m1/s1. The lowest BCUT2D eigenvalue weighted by atomic mass is 9.87. The predicted octanol–water partition coefficient (Wildman–Crippen LogP) is 2.63. The zero-order valence-electron chi connectivity index (χ0n) is 13.1. The molecule has 2 aromatic carbocycles. The summed E-state index contributed by atoms with van der Waals surface area (Å²) in [5.41, 5.74) is 2.52. The van der Waals surface area contributed by atoms with E-state index in [0.717, 1.165) is 12.8 Å². The van der Waals surface area contributed by atoms with Gasteiger partial charge in [-0.15, -0.1) is 0 Å². The van der Waals surface area contributed by atoms with Crippen molar-refractivity contribution in [2.75, 3.05) is 13.2 Å². The van der Waals surface area contributed by atoms with Gasteiger partial charge in [0.2, 0.25) is 0 Å². The molecule has 0 radical (unpaired) electrons. The lowest BCUT2D eigenvalue weighted by Crippen LogP contribution is -2.40. The van der Waals surface area contributed by atoms with E-state index in [1.165, 1.54) is 11.1 Å². The fourth-order valence-electron chi connectivity index (χ4n) is 2.71. The van der Waals surface area contributed by atoms with Crippen molar-refractivity contribution in [1.82, 2.24) is 5.32 Å². The van der Waals surface area contributed by atoms with Crippen molar-refractivity contribution < 1.29 is 15.0 Å². The summed E-state index contributed by atoms with van der Waals surface area (Å²) in [5.74, 6) is -0.730. The first-order chi connectivity index (χ1) is 11.2. The summed E-state index contributed by atoms with van der Waals surface area (Å²) in [6.45, 7) is 0.170. The number of aliphatic hydroxyl groups is 1. The monoisotopic (exact) mass is 313 g/mol. The van der Waals surface area contributed by atoms with Crippen molar-refractivity contribution in [1.29, 1.82) is 0 Å². The molecule has 0 aliphatic heterocycles. The minimum atomic E-state index is -1.02. The molecule has 1 atom stereocenters. The number of carboxylic acids is 1. The number of aliphatic carboxylic acids is 1. The summed E-state index contributed by atoms with van der Waals surface area (Å²) in [6.07, 6.45) is 1.75. The highest BCUT2D eigenvalue weighted by atomic mass is 16.4. The van der Waals surface area contributed by atoms with Gasteiger partial charge in [0.1, 0.15) is 6.04 Å². The van der Waals surface area contributed by atoms with Crippen LogP contribution in [0.25, 0.3) is 0 Å². The number of hydrogen-bond donors (Lipinski definition) is 3. The molecule has 0 aliphatic rings. The van der Waals surface area contributed by atoms with Gasteiger partial charge >= 0.3 is 5.97 Å². The lowest BCUT2D eigenvalue weighted by molar-refractivity contribution is -0.140. The van der Waals surface area contributed by atoms with Crippen molar-refractivity contribution in [2.24, 2.45) is 0 Å². The third-order valence-corrected chi connectivity index (χ3v) is 3.94. The number of carbonyl (C=O) groups is 1. The highest BCUT2D eigenvalue weighted by Gasteiger charge is 2.16. The second kappa shape index (κ2) is 9.08. The van der Waals surface area contributed by atoms with E-state index in [4.69, 9.17) is 10.2 Å². The van der Waals surface area contributed by atoms with E-state index in [2.05, 4.69) is 29.6 Å². The zero-order valence-corrected chi connectivity index (χ0v) is 13.1. The summed E-state index contributed by atoms with van der Waals surface area (Å²) in [6, 6.07) is 19.8. The van der Waals surface area contributed by atoms with Gasteiger partial charge in [0, 0.05) is 5.92 Å². The van der Waals surface area contributed by atoms with Gasteiger partial charge in [0.15, 0.2) is 0 Å². The number of carboxylic acid groups (broad SMARTS) is 1. The van der Waals surface area contributed by atoms with Crippen LogP contribution in [-0.2, 0) is 4.79 Å². The summed E-state index contributed by atoms with van der Waals surface area (Å²) < 4.78 is 0. The van der Waals surface area contributed by atoms with Crippen molar-refractivity contribution in [3.63, 3.8) is 0 Å². The molecule has 2 rings (SSSR count). The summed E-state index contributed by atoms with van der Waals surface area (Å²) in [4.78, 5) is 10.9. The van der Waals surface area contributed by atoms with Crippen LogP contribution in [0.2, 0.25) is 0 Å². The van der Waals surface area contributed by atoms with Crippen molar-refractivity contribution in [3.05, 3.63) is 71.8 Å². The molecule has 122 valence electrons. The van der Waals surface area contributed by atoms with Crippen molar-refractivity contribution in [2.45, 2.75) is 24.8 Å². The van der Waals surface area contributed by atoms with Gasteiger partial charge in [0.25, 0.3) is 0 Å². The second-order valence-electron chi connectivity index (χ2n) is 5.54. The number of rotatable bonds is 9. The lowest BCUT2D eigenvalue weighted by Gasteiger charge is -2.19. The molecule has 0 amide bonds. The molecule has 23 heavy (non-hydrogen) atoms. The van der Waals surface area contributed by atoms with E-state index >= 15 is 0 Å². The van der Waals surface area contributed by atoms with Gasteiger partial charge in [0.05, 0.1) is 6.61 Å². The number of hydrogen-bond acceptors (Lipinski definition) is 3. The topological polar surface area (TPSA) is 69.6 Å². The maximum Gasteiger partial charge on any atom is 0.323 e. The van der Waals surface area contributed by atoms with Gasteiger partial charge < -0.3 is 15.5 Å². The van der Waals surface area contributed by atoms with Crippen LogP contribution >= 0.6 is 0 Å². The Morgan fingerprint density at radius 2 is 1.48 bits per heavy atom. The van der Waals surface area contributed by atoms with E-state index in [1.807, 2.05) is 36.4 Å². The molecule has 2 aromatic rings. The normalized spacial score (nSPS) is 12.3. The number of aliphatic hydroxyl groups excluding tert-OH is 1. The second-order valence-corrected chi connectivity index (χ2v) is 5.54. The van der Waals surface area contributed by atoms with Crippen LogP contribution in [0.4, 0.5) is 0 Å². The van der Waals surface area contributed by atoms with E-state index in [0.29, 0.717) is 6.54 Å².